The van der Waals surface area contributed by atoms with Gasteiger partial charge in [-0.15, -0.1) is 0 Å². The van der Waals surface area contributed by atoms with Crippen molar-refractivity contribution in [2.24, 2.45) is 0 Å². The summed E-state index contributed by atoms with van der Waals surface area (Å²) in [4.78, 5) is 12.1. The number of hydrogen-bond donors (Lipinski definition) is 1. The maximum absolute atomic E-state index is 12.1. The Morgan fingerprint density at radius 2 is 1.88 bits per heavy atom. The molecule has 2 nitrogen and oxygen atoms in total. The number of carbonyl (C=O) groups excluding carboxylic acids is 1. The summed E-state index contributed by atoms with van der Waals surface area (Å²) in [5.74, 6) is 0.625. The largest absolute Gasteiger partial charge is 0.310 e. The topological polar surface area (TPSA) is 29.1 Å². The Balaban J connectivity index is 3.12. The lowest BCUT2D eigenvalue weighted by Crippen LogP contribution is -2.31. The SMILES string of the molecule is CNC(C)C(=O)c1cc(C(C)C)ccc1C. The summed E-state index contributed by atoms with van der Waals surface area (Å²) in [5, 5.41) is 2.99. The third-order valence-electron chi connectivity index (χ3n) is 3.02. The monoisotopic (exact) mass is 219 g/mol. The molecule has 0 aliphatic rings. The fourth-order valence-electron chi connectivity index (χ4n) is 1.63. The first-order valence-corrected chi connectivity index (χ1v) is 5.79. The molecule has 0 bridgehead atoms. The minimum atomic E-state index is -0.124. The molecule has 1 aromatic carbocycles. The summed E-state index contributed by atoms with van der Waals surface area (Å²) in [6, 6.07) is 6.03. The van der Waals surface area contributed by atoms with Crippen molar-refractivity contribution in [2.45, 2.75) is 39.7 Å². The number of Topliss-reactive ketones (excluding diaryl/α,β-unsaturated/α-hetero) is 1. The van der Waals surface area contributed by atoms with E-state index in [4.69, 9.17) is 0 Å². The minimum absolute atomic E-state index is 0.124. The molecular weight excluding hydrogens is 198 g/mol. The Kier molecular flexibility index (Phi) is 4.25. The van der Waals surface area contributed by atoms with Crippen LogP contribution in [0.25, 0.3) is 0 Å². The van der Waals surface area contributed by atoms with Gasteiger partial charge in [-0.1, -0.05) is 26.0 Å². The van der Waals surface area contributed by atoms with Crippen LogP contribution >= 0.6 is 0 Å². The summed E-state index contributed by atoms with van der Waals surface area (Å²) in [5.41, 5.74) is 3.11. The zero-order valence-electron chi connectivity index (χ0n) is 10.8. The molecule has 0 aromatic heterocycles. The summed E-state index contributed by atoms with van der Waals surface area (Å²) in [7, 11) is 1.81. The smallest absolute Gasteiger partial charge is 0.179 e. The summed E-state index contributed by atoms with van der Waals surface area (Å²) in [6.07, 6.45) is 0. The van der Waals surface area contributed by atoms with Gasteiger partial charge in [-0.25, -0.2) is 0 Å². The van der Waals surface area contributed by atoms with E-state index in [1.165, 1.54) is 5.56 Å². The molecule has 0 heterocycles. The van der Waals surface area contributed by atoms with Crippen molar-refractivity contribution in [3.8, 4) is 0 Å². The van der Waals surface area contributed by atoms with Gasteiger partial charge < -0.3 is 5.32 Å². The number of rotatable bonds is 4. The lowest BCUT2D eigenvalue weighted by molar-refractivity contribution is 0.0954. The Labute approximate surface area is 98.1 Å². The average Bonchev–Trinajstić information content (AvgIpc) is 2.27. The molecule has 1 unspecified atom stereocenters. The first kappa shape index (κ1) is 12.9. The number of ketones is 1. The van der Waals surface area contributed by atoms with Crippen LogP contribution < -0.4 is 5.32 Å². The predicted octanol–water partition coefficient (Wildman–Crippen LogP) is 2.91. The van der Waals surface area contributed by atoms with E-state index in [0.717, 1.165) is 11.1 Å². The molecule has 16 heavy (non-hydrogen) atoms. The van der Waals surface area contributed by atoms with Crippen molar-refractivity contribution in [3.63, 3.8) is 0 Å². The second-order valence-corrected chi connectivity index (χ2v) is 4.60. The molecule has 0 fully saturated rings. The van der Waals surface area contributed by atoms with Crippen molar-refractivity contribution >= 4 is 5.78 Å². The van der Waals surface area contributed by atoms with Crippen molar-refractivity contribution < 1.29 is 4.79 Å². The van der Waals surface area contributed by atoms with E-state index in [1.807, 2.05) is 33.0 Å². The number of benzene rings is 1. The highest BCUT2D eigenvalue weighted by Crippen LogP contribution is 2.19. The fourth-order valence-corrected chi connectivity index (χ4v) is 1.63. The van der Waals surface area contributed by atoms with E-state index in [2.05, 4.69) is 25.2 Å². The first-order valence-electron chi connectivity index (χ1n) is 5.79. The van der Waals surface area contributed by atoms with E-state index in [-0.39, 0.29) is 11.8 Å². The van der Waals surface area contributed by atoms with Crippen LogP contribution in [0.4, 0.5) is 0 Å². The van der Waals surface area contributed by atoms with E-state index in [0.29, 0.717) is 5.92 Å². The molecule has 1 aromatic rings. The third-order valence-corrected chi connectivity index (χ3v) is 3.02. The Morgan fingerprint density at radius 1 is 1.25 bits per heavy atom. The number of likely N-dealkylation sites (N-methyl/N-ethyl adjacent to an activating group) is 1. The Bertz CT molecular complexity index is 382. The number of aryl methyl sites for hydroxylation is 1. The summed E-state index contributed by atoms with van der Waals surface area (Å²) >= 11 is 0. The molecule has 1 atom stereocenters. The van der Waals surface area contributed by atoms with Crippen LogP contribution in [-0.2, 0) is 0 Å². The average molecular weight is 219 g/mol. The number of nitrogens with one attached hydrogen (secondary N) is 1. The van der Waals surface area contributed by atoms with Crippen LogP contribution in [0.1, 0.15) is 48.2 Å². The molecule has 88 valence electrons. The van der Waals surface area contributed by atoms with Gasteiger partial charge in [0, 0.05) is 5.56 Å². The maximum atomic E-state index is 12.1. The molecule has 1 rings (SSSR count). The fraction of sp³-hybridized carbons (Fsp3) is 0.500. The van der Waals surface area contributed by atoms with Gasteiger partial charge in [0.1, 0.15) is 0 Å². The molecular formula is C14H21NO. The molecule has 1 N–H and O–H groups in total. The minimum Gasteiger partial charge on any atom is -0.310 e. The second kappa shape index (κ2) is 5.26. The van der Waals surface area contributed by atoms with Gasteiger partial charge in [-0.2, -0.15) is 0 Å². The standard InChI is InChI=1S/C14H21NO/c1-9(2)12-7-6-10(3)13(8-12)14(16)11(4)15-5/h6-9,11,15H,1-5H3. The molecule has 0 radical (unpaired) electrons. The zero-order chi connectivity index (χ0) is 12.3. The quantitative estimate of drug-likeness (QED) is 0.789. The van der Waals surface area contributed by atoms with Crippen LogP contribution in [0, 0.1) is 6.92 Å². The van der Waals surface area contributed by atoms with Crippen LogP contribution in [0.3, 0.4) is 0 Å². The number of carbonyl (C=O) groups is 1. The lowest BCUT2D eigenvalue weighted by atomic mass is 9.94. The molecule has 0 spiro atoms. The molecule has 0 saturated carbocycles. The van der Waals surface area contributed by atoms with E-state index >= 15 is 0 Å². The second-order valence-electron chi connectivity index (χ2n) is 4.60. The van der Waals surface area contributed by atoms with Gasteiger partial charge in [-0.05, 0) is 44.0 Å². The van der Waals surface area contributed by atoms with Crippen LogP contribution in [0.5, 0.6) is 0 Å². The Hall–Kier alpha value is -1.15. The van der Waals surface area contributed by atoms with Gasteiger partial charge in [0.15, 0.2) is 5.78 Å². The number of hydrogen-bond acceptors (Lipinski definition) is 2. The van der Waals surface area contributed by atoms with E-state index in [1.54, 1.807) is 0 Å². The molecule has 0 aliphatic carbocycles. The highest BCUT2D eigenvalue weighted by molar-refractivity contribution is 6.01. The van der Waals surface area contributed by atoms with Crippen LogP contribution in [0.15, 0.2) is 18.2 Å². The first-order chi connectivity index (χ1) is 7.47. The molecule has 0 aliphatic heterocycles. The lowest BCUT2D eigenvalue weighted by Gasteiger charge is -2.14. The van der Waals surface area contributed by atoms with Gasteiger partial charge in [-0.3, -0.25) is 4.79 Å². The normalized spacial score (nSPS) is 12.9. The van der Waals surface area contributed by atoms with Crippen LogP contribution in [0.2, 0.25) is 0 Å². The molecule has 2 heteroatoms. The van der Waals surface area contributed by atoms with E-state index in [9.17, 15) is 4.79 Å². The van der Waals surface area contributed by atoms with Gasteiger partial charge in [0.05, 0.1) is 6.04 Å². The highest BCUT2D eigenvalue weighted by atomic mass is 16.1. The molecule has 0 saturated heterocycles. The van der Waals surface area contributed by atoms with E-state index < -0.39 is 0 Å². The predicted molar refractivity (Wildman–Crippen MR) is 68.1 cm³/mol. The Morgan fingerprint density at radius 3 is 2.38 bits per heavy atom. The highest BCUT2D eigenvalue weighted by Gasteiger charge is 2.16. The van der Waals surface area contributed by atoms with Crippen molar-refractivity contribution in [3.05, 3.63) is 34.9 Å². The van der Waals surface area contributed by atoms with Gasteiger partial charge in [0.2, 0.25) is 0 Å². The van der Waals surface area contributed by atoms with Gasteiger partial charge in [0.25, 0.3) is 0 Å². The van der Waals surface area contributed by atoms with Crippen molar-refractivity contribution in [1.29, 1.82) is 0 Å². The summed E-state index contributed by atoms with van der Waals surface area (Å²) in [6.45, 7) is 8.16. The summed E-state index contributed by atoms with van der Waals surface area (Å²) < 4.78 is 0. The van der Waals surface area contributed by atoms with Crippen molar-refractivity contribution in [2.75, 3.05) is 7.05 Å². The van der Waals surface area contributed by atoms with Crippen molar-refractivity contribution in [1.82, 2.24) is 5.32 Å². The van der Waals surface area contributed by atoms with Crippen LogP contribution in [-0.4, -0.2) is 18.9 Å². The maximum Gasteiger partial charge on any atom is 0.179 e. The van der Waals surface area contributed by atoms with Gasteiger partial charge >= 0.3 is 0 Å². The third kappa shape index (κ3) is 2.70. The molecule has 0 amide bonds. The zero-order valence-corrected chi connectivity index (χ0v) is 10.8.